The van der Waals surface area contributed by atoms with Gasteiger partial charge in [0, 0.05) is 72.5 Å². The summed E-state index contributed by atoms with van der Waals surface area (Å²) in [6.45, 7) is 4.74. The van der Waals surface area contributed by atoms with Gasteiger partial charge in [0.25, 0.3) is 0 Å². The average Bonchev–Trinajstić information content (AvgIpc) is 0.988. The van der Waals surface area contributed by atoms with E-state index in [9.17, 15) is 0 Å². The fourth-order valence-electron chi connectivity index (χ4n) is 23.1. The molecular weight excluding hydrogens is 1650 g/mol. The number of aromatic nitrogens is 2. The molecule has 25 aromatic rings. The number of benzene rings is 23. The topological polar surface area (TPSA) is 16.3 Å². The quantitative estimate of drug-likeness (QED) is 0.101. The summed E-state index contributed by atoms with van der Waals surface area (Å²) in [5.74, 6) is 0. The van der Waals surface area contributed by atoms with Crippen LogP contribution in [0.4, 0.5) is 34.1 Å². The van der Waals surface area contributed by atoms with Crippen molar-refractivity contribution in [3.63, 3.8) is 0 Å². The molecule has 0 fully saturated rings. The molecule has 0 spiro atoms. The zero-order valence-corrected chi connectivity index (χ0v) is 76.3. The summed E-state index contributed by atoms with van der Waals surface area (Å²) in [6.07, 6.45) is 4.83. The van der Waals surface area contributed by atoms with Crippen LogP contribution in [0.2, 0.25) is 0 Å². The number of rotatable bonds is 14. The van der Waals surface area contributed by atoms with Crippen LogP contribution in [-0.2, 0) is 18.3 Å². The lowest BCUT2D eigenvalue weighted by Gasteiger charge is -2.26. The lowest BCUT2D eigenvalue weighted by molar-refractivity contribution is 0.660. The maximum absolute atomic E-state index is 2.47. The van der Waals surface area contributed by atoms with Gasteiger partial charge in [-0.1, -0.05) is 360 Å². The highest BCUT2D eigenvalue weighted by Crippen LogP contribution is 2.54. The maximum atomic E-state index is 2.47. The van der Waals surface area contributed by atoms with Crippen LogP contribution in [-0.4, -0.2) is 9.13 Å². The van der Waals surface area contributed by atoms with Gasteiger partial charge in [0.05, 0.1) is 22.1 Å². The van der Waals surface area contributed by atoms with Crippen molar-refractivity contribution < 1.29 is 0 Å². The van der Waals surface area contributed by atoms with E-state index in [1.54, 1.807) is 0 Å². The number of para-hydroxylation sites is 4. The molecule has 4 nitrogen and oxygen atoms in total. The average molecular weight is 1750 g/mol. The second-order valence-electron chi connectivity index (χ2n) is 37.5. The van der Waals surface area contributed by atoms with Crippen molar-refractivity contribution in [2.24, 2.45) is 0 Å². The molecule has 2 aromatic heterocycles. The Morgan fingerprint density at radius 1 is 0.197 bits per heavy atom. The molecule has 0 saturated heterocycles. The van der Waals surface area contributed by atoms with Gasteiger partial charge < -0.3 is 18.9 Å². The van der Waals surface area contributed by atoms with Crippen molar-refractivity contribution in [2.45, 2.75) is 44.9 Å². The van der Waals surface area contributed by atoms with Gasteiger partial charge >= 0.3 is 0 Å². The lowest BCUT2D eigenvalue weighted by atomic mass is 9.80. The predicted molar refractivity (Wildman–Crippen MR) is 583 cm³/mol. The minimum absolute atomic E-state index is 0.0881. The number of anilines is 6. The van der Waals surface area contributed by atoms with E-state index in [4.69, 9.17) is 0 Å². The molecule has 0 bridgehead atoms. The van der Waals surface area contributed by atoms with Crippen LogP contribution >= 0.6 is 0 Å². The molecule has 2 heterocycles. The van der Waals surface area contributed by atoms with Gasteiger partial charge in [-0.05, 0) is 330 Å². The Hall–Kier alpha value is -17.2. The Labute approximate surface area is 797 Å². The summed E-state index contributed by atoms with van der Waals surface area (Å²) in [4.78, 5) is 4.83. The van der Waals surface area contributed by atoms with E-state index in [1.165, 1.54) is 228 Å². The van der Waals surface area contributed by atoms with Gasteiger partial charge in [-0.25, -0.2) is 0 Å². The van der Waals surface area contributed by atoms with Crippen LogP contribution in [0.5, 0.6) is 0 Å². The van der Waals surface area contributed by atoms with Crippen molar-refractivity contribution in [1.29, 1.82) is 0 Å². The highest BCUT2D eigenvalue weighted by atomic mass is 15.1. The Morgan fingerprint density at radius 2 is 0.526 bits per heavy atom. The van der Waals surface area contributed by atoms with Gasteiger partial charge in [0.2, 0.25) is 0 Å². The first-order valence-corrected chi connectivity index (χ1v) is 48.1. The smallest absolute Gasteiger partial charge is 0.0542 e. The first-order chi connectivity index (χ1) is 67.7. The molecule has 0 N–H and O–H groups in total. The van der Waals surface area contributed by atoms with Gasteiger partial charge in [-0.15, -0.1) is 0 Å². The summed E-state index contributed by atoms with van der Waals surface area (Å²) in [7, 11) is 0. The maximum Gasteiger partial charge on any atom is 0.0542 e. The van der Waals surface area contributed by atoms with E-state index in [1.807, 2.05) is 0 Å². The summed E-state index contributed by atoms with van der Waals surface area (Å²) < 4.78 is 4.77. The van der Waals surface area contributed by atoms with E-state index in [-0.39, 0.29) is 5.41 Å². The summed E-state index contributed by atoms with van der Waals surface area (Å²) >= 11 is 0. The number of aryl methyl sites for hydroxylation is 1. The largest absolute Gasteiger partial charge is 0.310 e. The molecule has 137 heavy (non-hydrogen) atoms. The molecule has 27 rings (SSSR count). The first-order valence-electron chi connectivity index (χ1n) is 48.1. The highest BCUT2D eigenvalue weighted by molar-refractivity contribution is 6.24. The standard InChI is InChI=1S/C69H48N2.C64H46N2/c1-69(2)63-26-14-12-20-55(63)56-40-34-50(43-64(56)69)68-60-24-10-8-22-58(60)67(59-23-9-11-25-61(59)68)47-32-37-53(38-33-47)70(52-35-30-46(31-36-52)49-29-28-45-16-6-7-17-48(45)42-49)54-39-41-66-62(44-54)57-21-13-15-27-65(57)71(66)51-18-4-3-5-19-51;1-2-19-49(20-3-1)66-61-28-13-12-22-54(61)60-42-52(39-40-62(60)66)65(50-35-31-44(32-36-50)48-30-29-43-15-4-5-17-47(43)41-48)51-37-33-46(34-38-51)63-56-23-8-10-25-58(56)64(59-26-11-9-24-57(59)63)55-27-14-18-45-16-6-7-21-53(45)55/h3-44H,1-2H3;1-5,8-15,17-20,22-42H,6-7,16,21H2. The SMILES string of the molecule is CC1(C)c2ccccc2-c2ccc(-c3c4ccccc4c(-c4ccc(N(c5ccc(-c6ccc7ccccc7c6)cc5)c5ccc6c(c5)c5ccccc5n6-c5ccccc5)cc4)c4ccccc34)cc21.c1ccc(-n2c3ccccc3c3cc(N(c4ccc(-c5ccc6ccccc6c5)cc4)c4ccc(-c5c6ccccc6c(-c6cccc7c6CCCC7)c6ccccc56)cc4)ccc32)cc1. The molecule has 0 radical (unpaired) electrons. The van der Waals surface area contributed by atoms with E-state index < -0.39 is 0 Å². The normalized spacial score (nSPS) is 12.7. The highest BCUT2D eigenvalue weighted by Gasteiger charge is 2.36. The molecule has 646 valence electrons. The van der Waals surface area contributed by atoms with E-state index in [2.05, 4.69) is 518 Å². The van der Waals surface area contributed by atoms with E-state index in [0.29, 0.717) is 0 Å². The summed E-state index contributed by atoms with van der Waals surface area (Å²) in [5, 5.41) is 20.1. The Balaban J connectivity index is 0.000000142. The molecule has 2 aliphatic carbocycles. The fraction of sp³-hybridized carbons (Fsp3) is 0.0526. The summed E-state index contributed by atoms with van der Waals surface area (Å²) in [5.41, 5.74) is 37.1. The molecule has 2 aliphatic rings. The third-order valence-electron chi connectivity index (χ3n) is 29.5. The molecule has 0 unspecified atom stereocenters. The minimum atomic E-state index is -0.0881. The van der Waals surface area contributed by atoms with Crippen LogP contribution in [0.15, 0.2) is 485 Å². The van der Waals surface area contributed by atoms with E-state index in [0.717, 1.165) is 51.9 Å². The van der Waals surface area contributed by atoms with Crippen molar-refractivity contribution in [1.82, 2.24) is 9.13 Å². The molecule has 0 atom stereocenters. The van der Waals surface area contributed by atoms with Crippen molar-refractivity contribution in [2.75, 3.05) is 9.80 Å². The Kier molecular flexibility index (Phi) is 19.6. The third-order valence-corrected chi connectivity index (χ3v) is 29.5. The minimum Gasteiger partial charge on any atom is -0.310 e. The fourth-order valence-corrected chi connectivity index (χ4v) is 23.1. The number of nitrogens with zero attached hydrogens (tertiary/aromatic N) is 4. The number of hydrogen-bond acceptors (Lipinski definition) is 2. The van der Waals surface area contributed by atoms with Crippen LogP contribution in [0, 0.1) is 0 Å². The molecule has 0 amide bonds. The Morgan fingerprint density at radius 3 is 0.978 bits per heavy atom. The number of fused-ring (bicyclic) bond motifs is 16. The molecule has 0 aliphatic heterocycles. The predicted octanol–water partition coefficient (Wildman–Crippen LogP) is 36.6. The second kappa shape index (κ2) is 33.2. The Bertz CT molecular complexity index is 8980. The molecular formula is C133H94N4. The van der Waals surface area contributed by atoms with Crippen LogP contribution in [0.25, 0.3) is 198 Å². The zero-order valence-electron chi connectivity index (χ0n) is 76.3. The number of hydrogen-bond donors (Lipinski definition) is 0. The molecule has 23 aromatic carbocycles. The van der Waals surface area contributed by atoms with Gasteiger partial charge in [-0.3, -0.25) is 0 Å². The van der Waals surface area contributed by atoms with Crippen LogP contribution in [0.3, 0.4) is 0 Å². The molecule has 0 saturated carbocycles. The molecule has 4 heteroatoms. The van der Waals surface area contributed by atoms with Gasteiger partial charge in [0.1, 0.15) is 0 Å². The van der Waals surface area contributed by atoms with E-state index >= 15 is 0 Å². The van der Waals surface area contributed by atoms with Crippen molar-refractivity contribution in [3.8, 4) is 89.3 Å². The third kappa shape index (κ3) is 13.7. The zero-order chi connectivity index (χ0) is 90.8. The first kappa shape index (κ1) is 80.7. The van der Waals surface area contributed by atoms with Gasteiger partial charge in [0.15, 0.2) is 0 Å². The lowest BCUT2D eigenvalue weighted by Crippen LogP contribution is -2.14. The van der Waals surface area contributed by atoms with Crippen molar-refractivity contribution >= 4 is 142 Å². The summed E-state index contributed by atoms with van der Waals surface area (Å²) in [6, 6.07) is 180. The van der Waals surface area contributed by atoms with Crippen LogP contribution in [0.1, 0.15) is 48.9 Å². The van der Waals surface area contributed by atoms with Crippen molar-refractivity contribution in [3.05, 3.63) is 508 Å². The van der Waals surface area contributed by atoms with Gasteiger partial charge in [-0.2, -0.15) is 0 Å². The monoisotopic (exact) mass is 1750 g/mol. The second-order valence-corrected chi connectivity index (χ2v) is 37.5. The van der Waals surface area contributed by atoms with Crippen LogP contribution < -0.4 is 9.80 Å².